The molecule has 2 heteroatoms. The van der Waals surface area contributed by atoms with E-state index in [1.165, 1.54) is 57.8 Å². The summed E-state index contributed by atoms with van der Waals surface area (Å²) >= 11 is 0. The third-order valence-electron chi connectivity index (χ3n) is 5.06. The Morgan fingerprint density at radius 1 is 1.00 bits per heavy atom. The highest BCUT2D eigenvalue weighted by Crippen LogP contribution is 2.28. The van der Waals surface area contributed by atoms with E-state index in [1.807, 2.05) is 0 Å². The summed E-state index contributed by atoms with van der Waals surface area (Å²) in [6, 6.07) is 0.755. The second kappa shape index (κ2) is 8.26. The lowest BCUT2D eigenvalue weighted by atomic mass is 9.80. The monoisotopic (exact) mass is 267 g/mol. The standard InChI is InChI=1S/C17H33NO/c1-14-9-10-17(15(2)13-14)18-11-6-12-19-16-7-4-3-5-8-16/h14-18H,3-13H2,1-2H3. The molecule has 1 N–H and O–H groups in total. The van der Waals surface area contributed by atoms with Gasteiger partial charge in [0.2, 0.25) is 0 Å². The Kier molecular flexibility index (Phi) is 6.66. The van der Waals surface area contributed by atoms with Crippen LogP contribution in [0.2, 0.25) is 0 Å². The van der Waals surface area contributed by atoms with Gasteiger partial charge in [0.25, 0.3) is 0 Å². The molecule has 3 atom stereocenters. The molecule has 0 bridgehead atoms. The van der Waals surface area contributed by atoms with Crippen LogP contribution in [0.5, 0.6) is 0 Å². The van der Waals surface area contributed by atoms with Crippen molar-refractivity contribution < 1.29 is 4.74 Å². The quantitative estimate of drug-likeness (QED) is 0.730. The number of ether oxygens (including phenoxy) is 1. The van der Waals surface area contributed by atoms with Crippen LogP contribution in [0, 0.1) is 11.8 Å². The zero-order chi connectivity index (χ0) is 13.5. The van der Waals surface area contributed by atoms with Gasteiger partial charge in [0.05, 0.1) is 6.10 Å². The summed E-state index contributed by atoms with van der Waals surface area (Å²) in [5, 5.41) is 3.75. The van der Waals surface area contributed by atoms with Crippen molar-refractivity contribution in [2.24, 2.45) is 11.8 Å². The van der Waals surface area contributed by atoms with Crippen LogP contribution >= 0.6 is 0 Å². The van der Waals surface area contributed by atoms with E-state index in [1.54, 1.807) is 0 Å². The van der Waals surface area contributed by atoms with E-state index in [2.05, 4.69) is 19.2 Å². The van der Waals surface area contributed by atoms with Crippen LogP contribution in [0.1, 0.15) is 71.6 Å². The topological polar surface area (TPSA) is 21.3 Å². The first-order valence-electron chi connectivity index (χ1n) is 8.60. The highest BCUT2D eigenvalue weighted by atomic mass is 16.5. The molecule has 0 saturated heterocycles. The molecular weight excluding hydrogens is 234 g/mol. The average molecular weight is 267 g/mol. The smallest absolute Gasteiger partial charge is 0.0575 e. The molecule has 0 amide bonds. The van der Waals surface area contributed by atoms with Crippen LogP contribution in [0.25, 0.3) is 0 Å². The van der Waals surface area contributed by atoms with Gasteiger partial charge in [-0.2, -0.15) is 0 Å². The van der Waals surface area contributed by atoms with Crippen LogP contribution in [-0.2, 0) is 4.74 Å². The molecule has 2 aliphatic rings. The van der Waals surface area contributed by atoms with Gasteiger partial charge >= 0.3 is 0 Å². The van der Waals surface area contributed by atoms with Crippen LogP contribution < -0.4 is 5.32 Å². The maximum atomic E-state index is 5.98. The van der Waals surface area contributed by atoms with Gasteiger partial charge in [-0.15, -0.1) is 0 Å². The molecule has 2 fully saturated rings. The summed E-state index contributed by atoms with van der Waals surface area (Å²) in [7, 11) is 0. The zero-order valence-electron chi connectivity index (χ0n) is 13.0. The van der Waals surface area contributed by atoms with Gasteiger partial charge in [-0.1, -0.05) is 33.1 Å². The summed E-state index contributed by atoms with van der Waals surface area (Å²) in [6.45, 7) is 6.89. The van der Waals surface area contributed by atoms with Crippen LogP contribution in [0.3, 0.4) is 0 Å². The van der Waals surface area contributed by atoms with Gasteiger partial charge < -0.3 is 10.1 Å². The lowest BCUT2D eigenvalue weighted by Gasteiger charge is -2.33. The van der Waals surface area contributed by atoms with Crippen molar-refractivity contribution in [1.29, 1.82) is 0 Å². The largest absolute Gasteiger partial charge is 0.378 e. The minimum Gasteiger partial charge on any atom is -0.378 e. The summed E-state index contributed by atoms with van der Waals surface area (Å²) in [4.78, 5) is 0. The first kappa shape index (κ1) is 15.3. The van der Waals surface area contributed by atoms with Gasteiger partial charge in [0, 0.05) is 12.6 Å². The van der Waals surface area contributed by atoms with Crippen molar-refractivity contribution in [3.05, 3.63) is 0 Å². The van der Waals surface area contributed by atoms with Crippen molar-refractivity contribution in [3.63, 3.8) is 0 Å². The summed E-state index contributed by atoms with van der Waals surface area (Å²) in [5.41, 5.74) is 0. The van der Waals surface area contributed by atoms with Crippen LogP contribution in [0.15, 0.2) is 0 Å². The molecule has 0 aliphatic heterocycles. The molecule has 0 aromatic rings. The van der Waals surface area contributed by atoms with E-state index < -0.39 is 0 Å². The molecule has 2 aliphatic carbocycles. The first-order chi connectivity index (χ1) is 9.25. The number of nitrogens with one attached hydrogen (secondary N) is 1. The molecule has 19 heavy (non-hydrogen) atoms. The normalized spacial score (nSPS) is 33.5. The molecule has 0 aromatic carbocycles. The zero-order valence-corrected chi connectivity index (χ0v) is 13.0. The summed E-state index contributed by atoms with van der Waals surface area (Å²) in [6.07, 6.45) is 12.7. The second-order valence-corrected chi connectivity index (χ2v) is 6.94. The first-order valence-corrected chi connectivity index (χ1v) is 8.60. The highest BCUT2D eigenvalue weighted by Gasteiger charge is 2.24. The lowest BCUT2D eigenvalue weighted by Crippen LogP contribution is -2.39. The highest BCUT2D eigenvalue weighted by molar-refractivity contribution is 4.80. The lowest BCUT2D eigenvalue weighted by molar-refractivity contribution is 0.0267. The fourth-order valence-electron chi connectivity index (χ4n) is 3.81. The van der Waals surface area contributed by atoms with Gasteiger partial charge in [-0.05, 0) is 56.9 Å². The van der Waals surface area contributed by atoms with E-state index >= 15 is 0 Å². The maximum Gasteiger partial charge on any atom is 0.0575 e. The Morgan fingerprint density at radius 2 is 1.79 bits per heavy atom. The van der Waals surface area contributed by atoms with E-state index in [-0.39, 0.29) is 0 Å². The molecule has 2 saturated carbocycles. The van der Waals surface area contributed by atoms with E-state index in [0.717, 1.165) is 31.0 Å². The van der Waals surface area contributed by atoms with Crippen LogP contribution in [-0.4, -0.2) is 25.3 Å². The molecule has 3 unspecified atom stereocenters. The Labute approximate surface area is 119 Å². The van der Waals surface area contributed by atoms with Crippen molar-refractivity contribution in [2.45, 2.75) is 83.8 Å². The fourth-order valence-corrected chi connectivity index (χ4v) is 3.81. The molecule has 0 spiro atoms. The van der Waals surface area contributed by atoms with Crippen molar-refractivity contribution in [3.8, 4) is 0 Å². The molecule has 0 heterocycles. The summed E-state index contributed by atoms with van der Waals surface area (Å²) in [5.74, 6) is 1.78. The molecule has 2 nitrogen and oxygen atoms in total. The molecule has 2 rings (SSSR count). The van der Waals surface area contributed by atoms with E-state index in [0.29, 0.717) is 6.10 Å². The Morgan fingerprint density at radius 3 is 2.53 bits per heavy atom. The average Bonchev–Trinajstić information content (AvgIpc) is 2.42. The van der Waals surface area contributed by atoms with Crippen LogP contribution in [0.4, 0.5) is 0 Å². The molecule has 0 radical (unpaired) electrons. The second-order valence-electron chi connectivity index (χ2n) is 6.94. The van der Waals surface area contributed by atoms with Crippen molar-refractivity contribution >= 4 is 0 Å². The minimum atomic E-state index is 0.572. The van der Waals surface area contributed by atoms with E-state index in [4.69, 9.17) is 4.74 Å². The Hall–Kier alpha value is -0.0800. The molecular formula is C17H33NO. The van der Waals surface area contributed by atoms with Crippen molar-refractivity contribution in [1.82, 2.24) is 5.32 Å². The number of rotatable bonds is 6. The SMILES string of the molecule is CC1CCC(NCCCOC2CCCCC2)C(C)C1. The predicted molar refractivity (Wildman–Crippen MR) is 81.4 cm³/mol. The molecule has 112 valence electrons. The minimum absolute atomic E-state index is 0.572. The maximum absolute atomic E-state index is 5.98. The van der Waals surface area contributed by atoms with Gasteiger partial charge in [-0.3, -0.25) is 0 Å². The van der Waals surface area contributed by atoms with Crippen molar-refractivity contribution in [2.75, 3.05) is 13.2 Å². The van der Waals surface area contributed by atoms with Gasteiger partial charge in [0.15, 0.2) is 0 Å². The Bertz CT molecular complexity index is 237. The van der Waals surface area contributed by atoms with Gasteiger partial charge in [0.1, 0.15) is 0 Å². The molecule has 0 aromatic heterocycles. The number of hydrogen-bond acceptors (Lipinski definition) is 2. The fraction of sp³-hybridized carbons (Fsp3) is 1.00. The predicted octanol–water partition coefficient (Wildman–Crippen LogP) is 4.14. The summed E-state index contributed by atoms with van der Waals surface area (Å²) < 4.78 is 5.98. The van der Waals surface area contributed by atoms with Gasteiger partial charge in [-0.25, -0.2) is 0 Å². The third kappa shape index (κ3) is 5.43. The third-order valence-corrected chi connectivity index (χ3v) is 5.06. The Balaban J connectivity index is 1.49. The van der Waals surface area contributed by atoms with E-state index in [9.17, 15) is 0 Å². The number of hydrogen-bond donors (Lipinski definition) is 1.